The second-order valence-corrected chi connectivity index (χ2v) is 13.4. The van der Waals surface area contributed by atoms with Crippen LogP contribution in [-0.4, -0.2) is 59.2 Å². The van der Waals surface area contributed by atoms with Crippen LogP contribution in [0.1, 0.15) is 54.0 Å². The first kappa shape index (κ1) is 31.3. The average molecular weight is 624 g/mol. The summed E-state index contributed by atoms with van der Waals surface area (Å²) in [6.45, 7) is 3.24. The van der Waals surface area contributed by atoms with Crippen molar-refractivity contribution >= 4 is 21.8 Å². The first-order chi connectivity index (χ1) is 21.1. The number of carbonyl (C=O) groups is 2. The van der Waals surface area contributed by atoms with E-state index < -0.39 is 15.8 Å². The molecular weight excluding hydrogens is 586 g/mol. The molecule has 1 N–H and O–H groups in total. The molecule has 0 saturated carbocycles. The predicted molar refractivity (Wildman–Crippen MR) is 164 cm³/mol. The first-order valence-electron chi connectivity index (χ1n) is 14.5. The van der Waals surface area contributed by atoms with Crippen molar-refractivity contribution in [3.63, 3.8) is 0 Å². The Morgan fingerprint density at radius 2 is 1.82 bits per heavy atom. The van der Waals surface area contributed by atoms with Gasteiger partial charge in [-0.1, -0.05) is 24.3 Å². The first-order valence-corrected chi connectivity index (χ1v) is 16.6. The van der Waals surface area contributed by atoms with Gasteiger partial charge in [-0.2, -0.15) is 0 Å². The Kier molecular flexibility index (Phi) is 9.75. The maximum atomic E-state index is 11.7. The number of hydrogen-bond acceptors (Lipinski definition) is 10. The van der Waals surface area contributed by atoms with Crippen molar-refractivity contribution in [1.82, 2.24) is 5.32 Å². The summed E-state index contributed by atoms with van der Waals surface area (Å²) in [5.74, 6) is 1.31. The molecular formula is C33H37NO9S. The molecule has 0 amide bonds. The molecule has 0 bridgehead atoms. The van der Waals surface area contributed by atoms with Crippen LogP contribution in [-0.2, 0) is 42.1 Å². The third-order valence-corrected chi connectivity index (χ3v) is 8.52. The smallest absolute Gasteiger partial charge is 0.306 e. The van der Waals surface area contributed by atoms with Gasteiger partial charge in [0.25, 0.3) is 0 Å². The summed E-state index contributed by atoms with van der Waals surface area (Å²) in [6, 6.07) is 17.6. The van der Waals surface area contributed by atoms with E-state index in [0.717, 1.165) is 39.9 Å². The van der Waals surface area contributed by atoms with Crippen LogP contribution in [0, 0.1) is 0 Å². The molecule has 10 nitrogen and oxygen atoms in total. The number of benzene rings is 3. The fraction of sp³-hybridized carbons (Fsp3) is 0.394. The number of esters is 2. The van der Waals surface area contributed by atoms with Crippen LogP contribution < -0.4 is 19.5 Å². The number of carbonyl (C=O) groups excluding carboxylic acids is 2. The minimum absolute atomic E-state index is 0.0382. The SMILES string of the molecule is COC(=O)CC1COc2cc(OCc3cccc(-c4c(COC(C)=O)cc(OCCCS(C)(=O)=O)cc4C4CN4)c3)ccc21. The van der Waals surface area contributed by atoms with Gasteiger partial charge in [-0.25, -0.2) is 8.42 Å². The van der Waals surface area contributed by atoms with Crippen LogP contribution in [0.3, 0.4) is 0 Å². The van der Waals surface area contributed by atoms with Crippen molar-refractivity contribution in [2.24, 2.45) is 0 Å². The van der Waals surface area contributed by atoms with Crippen molar-refractivity contribution in [1.29, 1.82) is 0 Å². The summed E-state index contributed by atoms with van der Waals surface area (Å²) in [7, 11) is -1.69. The molecule has 1 saturated heterocycles. The zero-order chi connectivity index (χ0) is 31.3. The zero-order valence-electron chi connectivity index (χ0n) is 25.1. The number of nitrogens with one attached hydrogen (secondary N) is 1. The van der Waals surface area contributed by atoms with Crippen molar-refractivity contribution < 1.29 is 41.7 Å². The van der Waals surface area contributed by atoms with E-state index in [4.69, 9.17) is 23.7 Å². The lowest BCUT2D eigenvalue weighted by molar-refractivity contribution is -0.142. The second kappa shape index (κ2) is 13.7. The van der Waals surface area contributed by atoms with E-state index in [1.807, 2.05) is 48.5 Å². The highest BCUT2D eigenvalue weighted by Crippen LogP contribution is 2.40. The molecule has 0 spiro atoms. The average Bonchev–Trinajstić information content (AvgIpc) is 3.77. The third kappa shape index (κ3) is 8.29. The number of ether oxygens (including phenoxy) is 5. The molecule has 5 rings (SSSR count). The Hall–Kier alpha value is -4.09. The van der Waals surface area contributed by atoms with E-state index in [2.05, 4.69) is 11.4 Å². The summed E-state index contributed by atoms with van der Waals surface area (Å²) in [5.41, 5.74) is 5.62. The summed E-state index contributed by atoms with van der Waals surface area (Å²) < 4.78 is 51.1. The molecule has 234 valence electrons. The van der Waals surface area contributed by atoms with E-state index in [0.29, 0.717) is 36.9 Å². The van der Waals surface area contributed by atoms with Gasteiger partial charge in [-0.15, -0.1) is 0 Å². The van der Waals surface area contributed by atoms with Crippen molar-refractivity contribution in [3.8, 4) is 28.4 Å². The highest BCUT2D eigenvalue weighted by molar-refractivity contribution is 7.90. The lowest BCUT2D eigenvalue weighted by atomic mass is 9.91. The quantitative estimate of drug-likeness (QED) is 0.155. The molecule has 2 atom stereocenters. The minimum Gasteiger partial charge on any atom is -0.494 e. The Morgan fingerprint density at radius 1 is 1.00 bits per heavy atom. The van der Waals surface area contributed by atoms with Crippen molar-refractivity contribution in [3.05, 3.63) is 76.9 Å². The van der Waals surface area contributed by atoms with Gasteiger partial charge in [0.1, 0.15) is 40.3 Å². The van der Waals surface area contributed by atoms with Gasteiger partial charge in [0.15, 0.2) is 0 Å². The van der Waals surface area contributed by atoms with E-state index in [9.17, 15) is 18.0 Å². The monoisotopic (exact) mass is 623 g/mol. The van der Waals surface area contributed by atoms with Gasteiger partial charge < -0.3 is 29.0 Å². The van der Waals surface area contributed by atoms with Gasteiger partial charge in [-0.3, -0.25) is 9.59 Å². The predicted octanol–water partition coefficient (Wildman–Crippen LogP) is 4.49. The van der Waals surface area contributed by atoms with Crippen LogP contribution in [0.4, 0.5) is 0 Å². The van der Waals surface area contributed by atoms with E-state index >= 15 is 0 Å². The summed E-state index contributed by atoms with van der Waals surface area (Å²) in [5, 5.41) is 3.36. The number of rotatable bonds is 14. The molecule has 2 unspecified atom stereocenters. The molecule has 2 aliphatic heterocycles. The van der Waals surface area contributed by atoms with Gasteiger partial charge in [0.05, 0.1) is 32.5 Å². The van der Waals surface area contributed by atoms with Gasteiger partial charge in [0.2, 0.25) is 0 Å². The lowest BCUT2D eigenvalue weighted by Crippen LogP contribution is -2.09. The van der Waals surface area contributed by atoms with E-state index in [-0.39, 0.29) is 43.3 Å². The largest absolute Gasteiger partial charge is 0.494 e. The van der Waals surface area contributed by atoms with Crippen LogP contribution in [0.25, 0.3) is 11.1 Å². The van der Waals surface area contributed by atoms with E-state index in [1.54, 1.807) is 0 Å². The summed E-state index contributed by atoms with van der Waals surface area (Å²) in [4.78, 5) is 23.5. The molecule has 1 fully saturated rings. The van der Waals surface area contributed by atoms with Crippen molar-refractivity contribution in [2.45, 2.75) is 44.9 Å². The second-order valence-electron chi connectivity index (χ2n) is 11.1. The molecule has 3 aromatic carbocycles. The molecule has 3 aromatic rings. The number of methoxy groups -OCH3 is 1. The number of hydrogen-bond donors (Lipinski definition) is 1. The molecule has 0 aromatic heterocycles. The minimum atomic E-state index is -3.08. The highest BCUT2D eigenvalue weighted by Gasteiger charge is 2.29. The fourth-order valence-electron chi connectivity index (χ4n) is 5.27. The normalized spacial score (nSPS) is 16.9. The third-order valence-electron chi connectivity index (χ3n) is 7.49. The number of fused-ring (bicyclic) bond motifs is 1. The fourth-order valence-corrected chi connectivity index (χ4v) is 5.92. The molecule has 0 radical (unpaired) electrons. The Morgan fingerprint density at radius 3 is 2.55 bits per heavy atom. The summed E-state index contributed by atoms with van der Waals surface area (Å²) in [6.07, 6.45) is 1.85. The van der Waals surface area contributed by atoms with Crippen LogP contribution >= 0.6 is 0 Å². The van der Waals surface area contributed by atoms with Crippen LogP contribution in [0.2, 0.25) is 0 Å². The molecule has 44 heavy (non-hydrogen) atoms. The lowest BCUT2D eigenvalue weighted by Gasteiger charge is -2.18. The highest BCUT2D eigenvalue weighted by atomic mass is 32.2. The van der Waals surface area contributed by atoms with E-state index in [1.165, 1.54) is 20.3 Å². The standard InChI is InChI=1S/C33H37NO9S/c1-21(35)41-20-25-13-27(40-10-5-11-44(3,37)38)15-29(30-17-34-30)33(25)23-7-4-6-22(12-23)18-42-26-8-9-28-24(14-32(36)39-2)19-43-31(28)16-26/h4,6-9,12-13,15-16,24,30,34H,5,10-11,14,17-20H2,1-3H3. The maximum absolute atomic E-state index is 11.7. The maximum Gasteiger partial charge on any atom is 0.306 e. The van der Waals surface area contributed by atoms with Crippen LogP contribution in [0.5, 0.6) is 17.2 Å². The Labute approximate surface area is 257 Å². The Bertz CT molecular complexity index is 1630. The summed E-state index contributed by atoms with van der Waals surface area (Å²) >= 11 is 0. The molecule has 2 heterocycles. The zero-order valence-corrected chi connectivity index (χ0v) is 25.9. The topological polar surface area (TPSA) is 136 Å². The van der Waals surface area contributed by atoms with Gasteiger partial charge in [-0.05, 0) is 52.9 Å². The number of sulfone groups is 1. The Balaban J connectivity index is 1.35. The molecule has 11 heteroatoms. The molecule has 0 aliphatic carbocycles. The van der Waals surface area contributed by atoms with Crippen LogP contribution in [0.15, 0.2) is 54.6 Å². The molecule has 2 aliphatic rings. The van der Waals surface area contributed by atoms with Crippen molar-refractivity contribution in [2.75, 3.05) is 38.9 Å². The van der Waals surface area contributed by atoms with Gasteiger partial charge >= 0.3 is 11.9 Å². The van der Waals surface area contributed by atoms with Gasteiger partial charge in [0, 0.05) is 48.9 Å².